The van der Waals surface area contributed by atoms with Crippen molar-refractivity contribution in [2.45, 2.75) is 6.61 Å². The first kappa shape index (κ1) is 25.1. The van der Waals surface area contributed by atoms with Crippen molar-refractivity contribution in [1.29, 1.82) is 5.26 Å². The Kier molecular flexibility index (Phi) is 8.27. The van der Waals surface area contributed by atoms with Crippen molar-refractivity contribution in [3.63, 3.8) is 0 Å². The Morgan fingerprint density at radius 1 is 1.14 bits per heavy atom. The predicted octanol–water partition coefficient (Wildman–Crippen LogP) is 5.39. The highest BCUT2D eigenvalue weighted by atomic mass is 35.5. The first-order chi connectivity index (χ1) is 16.9. The van der Waals surface area contributed by atoms with Gasteiger partial charge in [0.1, 0.15) is 29.7 Å². The van der Waals surface area contributed by atoms with Crippen molar-refractivity contribution in [2.75, 3.05) is 19.5 Å². The number of hydrogen-bond acceptors (Lipinski definition) is 7. The maximum atomic E-state index is 12.7. The molecule has 10 heteroatoms. The number of rotatable bonds is 9. The third kappa shape index (κ3) is 6.28. The van der Waals surface area contributed by atoms with Crippen molar-refractivity contribution in [1.82, 2.24) is 0 Å². The van der Waals surface area contributed by atoms with E-state index in [-0.39, 0.29) is 34.3 Å². The number of benzene rings is 3. The molecule has 0 aliphatic carbocycles. The summed E-state index contributed by atoms with van der Waals surface area (Å²) < 4.78 is 16.2. The van der Waals surface area contributed by atoms with Crippen molar-refractivity contribution < 1.29 is 23.9 Å². The maximum absolute atomic E-state index is 12.7. The van der Waals surface area contributed by atoms with Crippen LogP contribution < -0.4 is 19.5 Å². The van der Waals surface area contributed by atoms with Crippen LogP contribution in [0.25, 0.3) is 6.08 Å². The minimum atomic E-state index is -0.833. The van der Waals surface area contributed by atoms with E-state index < -0.39 is 10.8 Å². The molecule has 0 aliphatic heterocycles. The van der Waals surface area contributed by atoms with Crippen LogP contribution in [0.3, 0.4) is 0 Å². The molecule has 178 valence electrons. The normalized spacial score (nSPS) is 10.7. The van der Waals surface area contributed by atoms with E-state index in [0.29, 0.717) is 17.1 Å². The van der Waals surface area contributed by atoms with E-state index in [1.807, 2.05) is 30.3 Å². The summed E-state index contributed by atoms with van der Waals surface area (Å²) in [7, 11) is 2.81. The van der Waals surface area contributed by atoms with Crippen LogP contribution in [0, 0.1) is 21.4 Å². The fourth-order valence-corrected chi connectivity index (χ4v) is 3.37. The van der Waals surface area contributed by atoms with E-state index in [1.54, 1.807) is 12.1 Å². The summed E-state index contributed by atoms with van der Waals surface area (Å²) in [6.07, 6.45) is 1.29. The van der Waals surface area contributed by atoms with Crippen molar-refractivity contribution >= 4 is 35.0 Å². The second-order valence-electron chi connectivity index (χ2n) is 7.07. The number of nitro groups is 1. The maximum Gasteiger partial charge on any atom is 0.296 e. The highest BCUT2D eigenvalue weighted by molar-refractivity contribution is 6.32. The second kappa shape index (κ2) is 11.5. The van der Waals surface area contributed by atoms with Gasteiger partial charge in [-0.3, -0.25) is 14.9 Å². The zero-order valence-electron chi connectivity index (χ0n) is 18.8. The molecule has 0 saturated heterocycles. The summed E-state index contributed by atoms with van der Waals surface area (Å²) in [5.74, 6) is 0.0393. The number of ether oxygens (including phenoxy) is 3. The fourth-order valence-electron chi connectivity index (χ4n) is 3.09. The summed E-state index contributed by atoms with van der Waals surface area (Å²) in [5, 5.41) is 23.5. The molecule has 0 bridgehead atoms. The number of methoxy groups -OCH3 is 2. The van der Waals surface area contributed by atoms with Gasteiger partial charge in [0.15, 0.2) is 11.5 Å². The zero-order valence-corrected chi connectivity index (χ0v) is 19.5. The molecule has 1 amide bonds. The predicted molar refractivity (Wildman–Crippen MR) is 131 cm³/mol. The first-order valence-corrected chi connectivity index (χ1v) is 10.5. The molecular weight excluding hydrogens is 474 g/mol. The molecule has 3 rings (SSSR count). The van der Waals surface area contributed by atoms with Crippen LogP contribution >= 0.6 is 11.6 Å². The van der Waals surface area contributed by atoms with Gasteiger partial charge in [-0.1, -0.05) is 41.9 Å². The molecule has 1 N–H and O–H groups in total. The molecule has 0 saturated carbocycles. The molecule has 3 aromatic carbocycles. The number of halogens is 1. The van der Waals surface area contributed by atoms with Gasteiger partial charge in [0, 0.05) is 0 Å². The molecular formula is C25H20ClN3O6. The monoisotopic (exact) mass is 493 g/mol. The molecule has 0 fully saturated rings. The molecule has 0 radical (unpaired) electrons. The number of carbonyl (C=O) groups is 1. The Hall–Kier alpha value is -4.55. The number of nitro benzene ring substituents is 1. The number of anilines is 1. The fraction of sp³-hybridized carbons (Fsp3) is 0.120. The number of nitrogens with one attached hydrogen (secondary N) is 1. The van der Waals surface area contributed by atoms with Gasteiger partial charge in [-0.05, 0) is 41.5 Å². The van der Waals surface area contributed by atoms with Crippen LogP contribution in [0.4, 0.5) is 11.4 Å². The Labute approximate surface area is 206 Å². The Morgan fingerprint density at radius 3 is 2.51 bits per heavy atom. The summed E-state index contributed by atoms with van der Waals surface area (Å²) in [6, 6.07) is 18.3. The van der Waals surface area contributed by atoms with Gasteiger partial charge in [-0.15, -0.1) is 0 Å². The Morgan fingerprint density at radius 2 is 1.89 bits per heavy atom. The van der Waals surface area contributed by atoms with Gasteiger partial charge in [0.2, 0.25) is 0 Å². The van der Waals surface area contributed by atoms with Crippen molar-refractivity contribution in [2.24, 2.45) is 0 Å². The molecule has 0 aliphatic rings. The van der Waals surface area contributed by atoms with Crippen LogP contribution in [0.1, 0.15) is 11.1 Å². The van der Waals surface area contributed by atoms with Crippen LogP contribution in [0.5, 0.6) is 17.2 Å². The molecule has 9 nitrogen and oxygen atoms in total. The van der Waals surface area contributed by atoms with Crippen LogP contribution in [0.15, 0.2) is 66.2 Å². The molecule has 0 heterocycles. The smallest absolute Gasteiger partial charge is 0.296 e. The molecule has 35 heavy (non-hydrogen) atoms. The zero-order chi connectivity index (χ0) is 25.4. The second-order valence-corrected chi connectivity index (χ2v) is 7.48. The lowest BCUT2D eigenvalue weighted by atomic mass is 10.1. The van der Waals surface area contributed by atoms with E-state index in [9.17, 15) is 20.2 Å². The lowest BCUT2D eigenvalue weighted by Crippen LogP contribution is -2.14. The third-order valence-corrected chi connectivity index (χ3v) is 5.08. The molecule has 0 unspecified atom stereocenters. The minimum absolute atomic E-state index is 0.0813. The SMILES string of the molecule is COc1ccc(NC(=O)/C(C#N)=C/c2cc(Cl)c(OCc3ccccc3)c(OC)c2)c([N+](=O)[O-])c1. The average Bonchev–Trinajstić information content (AvgIpc) is 2.86. The minimum Gasteiger partial charge on any atom is -0.496 e. The first-order valence-electron chi connectivity index (χ1n) is 10.2. The van der Waals surface area contributed by atoms with E-state index in [0.717, 1.165) is 5.56 Å². The molecule has 0 atom stereocenters. The van der Waals surface area contributed by atoms with Gasteiger partial charge >= 0.3 is 0 Å². The van der Waals surface area contributed by atoms with Crippen LogP contribution in [-0.4, -0.2) is 25.1 Å². The number of amides is 1. The topological polar surface area (TPSA) is 124 Å². The van der Waals surface area contributed by atoms with Gasteiger partial charge in [0.25, 0.3) is 11.6 Å². The van der Waals surface area contributed by atoms with E-state index in [4.69, 9.17) is 25.8 Å². The highest BCUT2D eigenvalue weighted by Gasteiger charge is 2.20. The summed E-state index contributed by atoms with van der Waals surface area (Å²) in [6.45, 7) is 0.262. The quantitative estimate of drug-likeness (QED) is 0.183. The lowest BCUT2D eigenvalue weighted by Gasteiger charge is -2.13. The number of nitriles is 1. The van der Waals surface area contributed by atoms with Crippen LogP contribution in [-0.2, 0) is 11.4 Å². The third-order valence-electron chi connectivity index (χ3n) is 4.80. The number of nitrogens with zero attached hydrogens (tertiary/aromatic N) is 2. The molecule has 0 spiro atoms. The molecule has 0 aromatic heterocycles. The summed E-state index contributed by atoms with van der Waals surface area (Å²) in [5.41, 5.74) is 0.577. The Balaban J connectivity index is 1.85. The lowest BCUT2D eigenvalue weighted by molar-refractivity contribution is -0.384. The Bertz CT molecular complexity index is 1320. The van der Waals surface area contributed by atoms with Gasteiger partial charge in [-0.25, -0.2) is 0 Å². The van der Waals surface area contributed by atoms with Crippen molar-refractivity contribution in [3.8, 4) is 23.3 Å². The average molecular weight is 494 g/mol. The number of carbonyl (C=O) groups excluding carboxylic acids is 1. The van der Waals surface area contributed by atoms with Crippen LogP contribution in [0.2, 0.25) is 5.02 Å². The van der Waals surface area contributed by atoms with E-state index in [1.165, 1.54) is 44.6 Å². The largest absolute Gasteiger partial charge is 0.496 e. The summed E-state index contributed by atoms with van der Waals surface area (Å²) >= 11 is 6.40. The van der Waals surface area contributed by atoms with Gasteiger partial charge in [-0.2, -0.15) is 5.26 Å². The van der Waals surface area contributed by atoms with E-state index >= 15 is 0 Å². The standard InChI is InChI=1S/C25H20ClN3O6/c1-33-19-8-9-21(22(13-19)29(31)32)28-25(30)18(14-27)10-17-11-20(26)24(23(12-17)34-2)35-15-16-6-4-3-5-7-16/h3-13H,15H2,1-2H3,(H,28,30)/b18-10+. The molecule has 3 aromatic rings. The van der Waals surface area contributed by atoms with E-state index in [2.05, 4.69) is 5.32 Å². The van der Waals surface area contributed by atoms with Gasteiger partial charge < -0.3 is 19.5 Å². The van der Waals surface area contributed by atoms with Gasteiger partial charge in [0.05, 0.1) is 30.2 Å². The van der Waals surface area contributed by atoms with Crippen molar-refractivity contribution in [3.05, 3.63) is 92.5 Å². The highest BCUT2D eigenvalue weighted by Crippen LogP contribution is 2.37. The number of hydrogen-bond donors (Lipinski definition) is 1. The summed E-state index contributed by atoms with van der Waals surface area (Å²) in [4.78, 5) is 23.4.